The molecule has 0 bridgehead atoms. The van der Waals surface area contributed by atoms with Gasteiger partial charge >= 0.3 is 5.97 Å². The summed E-state index contributed by atoms with van der Waals surface area (Å²) in [4.78, 5) is 12.6. The SMILES string of the molecule is CCOC(=O)c1cnn(C(CN)c2ccc(Cl)s2)c1. The quantitative estimate of drug-likeness (QED) is 0.860. The highest BCUT2D eigenvalue weighted by Crippen LogP contribution is 2.28. The molecule has 0 amide bonds. The average Bonchev–Trinajstić information content (AvgIpc) is 3.01. The molecule has 0 aliphatic rings. The molecule has 7 heteroatoms. The molecule has 102 valence electrons. The molecule has 0 saturated carbocycles. The Hall–Kier alpha value is -1.37. The molecule has 0 radical (unpaired) electrons. The van der Waals surface area contributed by atoms with Gasteiger partial charge in [0.2, 0.25) is 0 Å². The van der Waals surface area contributed by atoms with Crippen LogP contribution in [0.25, 0.3) is 0 Å². The van der Waals surface area contributed by atoms with E-state index in [0.29, 0.717) is 23.1 Å². The van der Waals surface area contributed by atoms with Crippen molar-refractivity contribution in [2.24, 2.45) is 5.73 Å². The van der Waals surface area contributed by atoms with Crippen LogP contribution in [0, 0.1) is 0 Å². The molecule has 5 nitrogen and oxygen atoms in total. The molecule has 2 heterocycles. The average molecular weight is 300 g/mol. The van der Waals surface area contributed by atoms with Gasteiger partial charge in [-0.2, -0.15) is 5.10 Å². The Balaban J connectivity index is 2.22. The van der Waals surface area contributed by atoms with Gasteiger partial charge in [0.15, 0.2) is 0 Å². The second-order valence-corrected chi connectivity index (χ2v) is 5.57. The minimum Gasteiger partial charge on any atom is -0.462 e. The lowest BCUT2D eigenvalue weighted by Gasteiger charge is -2.13. The van der Waals surface area contributed by atoms with Gasteiger partial charge in [-0.25, -0.2) is 4.79 Å². The molecule has 2 N–H and O–H groups in total. The van der Waals surface area contributed by atoms with E-state index >= 15 is 0 Å². The second-order valence-electron chi connectivity index (χ2n) is 3.82. The fraction of sp³-hybridized carbons (Fsp3) is 0.333. The molecule has 0 fully saturated rings. The highest BCUT2D eigenvalue weighted by atomic mass is 35.5. The Morgan fingerprint density at radius 2 is 2.42 bits per heavy atom. The van der Waals surface area contributed by atoms with E-state index in [-0.39, 0.29) is 12.0 Å². The van der Waals surface area contributed by atoms with Gasteiger partial charge in [-0.3, -0.25) is 4.68 Å². The number of carbonyl (C=O) groups excluding carboxylic acids is 1. The fourth-order valence-electron chi connectivity index (χ4n) is 1.69. The highest BCUT2D eigenvalue weighted by molar-refractivity contribution is 7.16. The van der Waals surface area contributed by atoms with Crippen molar-refractivity contribution >= 4 is 28.9 Å². The standard InChI is InChI=1S/C12H14ClN3O2S/c1-2-18-12(17)8-6-15-16(7-8)9(5-14)10-3-4-11(13)19-10/h3-4,6-7,9H,2,5,14H2,1H3. The third-order valence-corrected chi connectivity index (χ3v) is 3.91. The van der Waals surface area contributed by atoms with Crippen molar-refractivity contribution < 1.29 is 9.53 Å². The first-order valence-electron chi connectivity index (χ1n) is 5.82. The summed E-state index contributed by atoms with van der Waals surface area (Å²) in [5.41, 5.74) is 6.20. The van der Waals surface area contributed by atoms with Gasteiger partial charge in [0.25, 0.3) is 0 Å². The summed E-state index contributed by atoms with van der Waals surface area (Å²) >= 11 is 7.37. The van der Waals surface area contributed by atoms with Crippen LogP contribution >= 0.6 is 22.9 Å². The molecule has 0 aliphatic carbocycles. The molecule has 1 atom stereocenters. The predicted molar refractivity (Wildman–Crippen MR) is 74.7 cm³/mol. The lowest BCUT2D eigenvalue weighted by Crippen LogP contribution is -2.20. The molecule has 0 aromatic carbocycles. The zero-order valence-electron chi connectivity index (χ0n) is 10.4. The number of ether oxygens (including phenoxy) is 1. The number of hydrogen-bond acceptors (Lipinski definition) is 5. The first-order valence-corrected chi connectivity index (χ1v) is 7.01. The van der Waals surface area contributed by atoms with Crippen LogP contribution in [0.5, 0.6) is 0 Å². The number of rotatable bonds is 5. The lowest BCUT2D eigenvalue weighted by atomic mass is 10.2. The summed E-state index contributed by atoms with van der Waals surface area (Å²) in [5.74, 6) is -0.381. The third kappa shape index (κ3) is 3.15. The summed E-state index contributed by atoms with van der Waals surface area (Å²) in [6, 6.07) is 3.61. The maximum Gasteiger partial charge on any atom is 0.341 e. The van der Waals surface area contributed by atoms with Crippen molar-refractivity contribution in [3.8, 4) is 0 Å². The summed E-state index contributed by atoms with van der Waals surface area (Å²) < 4.78 is 7.28. The van der Waals surface area contributed by atoms with Crippen LogP contribution in [0.4, 0.5) is 0 Å². The monoisotopic (exact) mass is 299 g/mol. The smallest absolute Gasteiger partial charge is 0.341 e. The fourth-order valence-corrected chi connectivity index (χ4v) is 2.86. The molecule has 2 aromatic heterocycles. The molecule has 19 heavy (non-hydrogen) atoms. The van der Waals surface area contributed by atoms with Crippen LogP contribution in [0.1, 0.15) is 28.2 Å². The van der Waals surface area contributed by atoms with Crippen molar-refractivity contribution in [1.82, 2.24) is 9.78 Å². The third-order valence-electron chi connectivity index (χ3n) is 2.58. The van der Waals surface area contributed by atoms with Crippen LogP contribution < -0.4 is 5.73 Å². The molecule has 0 spiro atoms. The lowest BCUT2D eigenvalue weighted by molar-refractivity contribution is 0.0526. The van der Waals surface area contributed by atoms with Crippen LogP contribution in [0.15, 0.2) is 24.5 Å². The molecular weight excluding hydrogens is 286 g/mol. The molecule has 2 rings (SSSR count). The Bertz CT molecular complexity index is 567. The van der Waals surface area contributed by atoms with Crippen LogP contribution in [-0.4, -0.2) is 28.9 Å². The van der Waals surface area contributed by atoms with E-state index < -0.39 is 0 Å². The van der Waals surface area contributed by atoms with Crippen molar-refractivity contribution in [1.29, 1.82) is 0 Å². The molecule has 1 unspecified atom stereocenters. The number of carbonyl (C=O) groups is 1. The number of nitrogens with zero attached hydrogens (tertiary/aromatic N) is 2. The minimum absolute atomic E-state index is 0.124. The minimum atomic E-state index is -0.381. The predicted octanol–water partition coefficient (Wildman–Crippen LogP) is 2.32. The Morgan fingerprint density at radius 1 is 1.63 bits per heavy atom. The summed E-state index contributed by atoms with van der Waals surface area (Å²) in [6.45, 7) is 2.48. The number of thiophene rings is 1. The molecular formula is C12H14ClN3O2S. The number of nitrogens with two attached hydrogens (primary N) is 1. The number of aromatic nitrogens is 2. The topological polar surface area (TPSA) is 70.1 Å². The largest absolute Gasteiger partial charge is 0.462 e. The van der Waals surface area contributed by atoms with Gasteiger partial charge in [0.05, 0.1) is 28.7 Å². The molecule has 0 saturated heterocycles. The van der Waals surface area contributed by atoms with Crippen molar-refractivity contribution in [2.45, 2.75) is 13.0 Å². The van der Waals surface area contributed by atoms with E-state index in [9.17, 15) is 4.79 Å². The zero-order chi connectivity index (χ0) is 13.8. The van der Waals surface area contributed by atoms with Crippen molar-refractivity contribution in [3.63, 3.8) is 0 Å². The van der Waals surface area contributed by atoms with Crippen LogP contribution in [0.2, 0.25) is 4.34 Å². The first-order chi connectivity index (χ1) is 9.15. The Labute approximate surface area is 119 Å². The van der Waals surface area contributed by atoms with Crippen molar-refractivity contribution in [3.05, 3.63) is 39.3 Å². The van der Waals surface area contributed by atoms with E-state index in [4.69, 9.17) is 22.1 Å². The van der Waals surface area contributed by atoms with E-state index in [2.05, 4.69) is 5.10 Å². The van der Waals surface area contributed by atoms with Crippen LogP contribution in [-0.2, 0) is 4.74 Å². The Morgan fingerprint density at radius 3 is 3.00 bits per heavy atom. The normalized spacial score (nSPS) is 12.4. The van der Waals surface area contributed by atoms with Crippen molar-refractivity contribution in [2.75, 3.05) is 13.2 Å². The van der Waals surface area contributed by atoms with E-state index in [0.717, 1.165) is 4.88 Å². The maximum atomic E-state index is 11.6. The van der Waals surface area contributed by atoms with E-state index in [1.165, 1.54) is 17.5 Å². The maximum absolute atomic E-state index is 11.6. The number of halogens is 1. The van der Waals surface area contributed by atoms with Crippen LogP contribution in [0.3, 0.4) is 0 Å². The number of hydrogen-bond donors (Lipinski definition) is 1. The van der Waals surface area contributed by atoms with Gasteiger partial charge in [-0.15, -0.1) is 11.3 Å². The van der Waals surface area contributed by atoms with E-state index in [1.54, 1.807) is 17.8 Å². The van der Waals surface area contributed by atoms with E-state index in [1.807, 2.05) is 12.1 Å². The van der Waals surface area contributed by atoms with Gasteiger partial charge in [0, 0.05) is 17.6 Å². The molecule has 2 aromatic rings. The second kappa shape index (κ2) is 6.18. The molecule has 0 aliphatic heterocycles. The summed E-state index contributed by atoms with van der Waals surface area (Å²) in [5, 5.41) is 4.18. The first kappa shape index (κ1) is 14.0. The highest BCUT2D eigenvalue weighted by Gasteiger charge is 2.17. The van der Waals surface area contributed by atoms with Gasteiger partial charge < -0.3 is 10.5 Å². The summed E-state index contributed by atoms with van der Waals surface area (Å²) in [6.07, 6.45) is 3.12. The summed E-state index contributed by atoms with van der Waals surface area (Å²) in [7, 11) is 0. The zero-order valence-corrected chi connectivity index (χ0v) is 11.9. The van der Waals surface area contributed by atoms with Gasteiger partial charge in [-0.1, -0.05) is 11.6 Å². The Kier molecular flexibility index (Phi) is 4.57. The number of esters is 1. The van der Waals surface area contributed by atoms with Gasteiger partial charge in [0.1, 0.15) is 0 Å². The van der Waals surface area contributed by atoms with Gasteiger partial charge in [-0.05, 0) is 19.1 Å².